The normalized spacial score (nSPS) is 15.0. The van der Waals surface area contributed by atoms with Crippen LogP contribution in [0.5, 0.6) is 0 Å². The predicted molar refractivity (Wildman–Crippen MR) is 82.1 cm³/mol. The molecule has 7 nitrogen and oxygen atoms in total. The van der Waals surface area contributed by atoms with Gasteiger partial charge in [0.05, 0.1) is 6.26 Å². The highest BCUT2D eigenvalue weighted by Crippen LogP contribution is 2.17. The second-order valence-corrected chi connectivity index (χ2v) is 6.20. The second-order valence-electron chi connectivity index (χ2n) is 4.96. The summed E-state index contributed by atoms with van der Waals surface area (Å²) in [4.78, 5) is 32.8. The molecule has 0 radical (unpaired) electrons. The van der Waals surface area contributed by atoms with Gasteiger partial charge in [0.15, 0.2) is 10.9 Å². The molecular formula is C14H16N4O3S. The molecule has 3 heterocycles. The standard InChI is InChI=1S/C14H16N4O3S/c1-10-9-15-13(22-10)16-14(20)18-6-4-17(5-7-18)12(19)11-3-2-8-21-11/h2-3,8-9H,4-7H2,1H3,(H,15,16,20). The van der Waals surface area contributed by atoms with Gasteiger partial charge in [-0.15, -0.1) is 11.3 Å². The molecule has 2 aromatic rings. The Morgan fingerprint density at radius 3 is 2.59 bits per heavy atom. The van der Waals surface area contributed by atoms with Gasteiger partial charge in [-0.25, -0.2) is 9.78 Å². The lowest BCUT2D eigenvalue weighted by atomic mass is 10.3. The molecule has 0 unspecified atom stereocenters. The van der Waals surface area contributed by atoms with Crippen molar-refractivity contribution in [3.05, 3.63) is 35.2 Å². The third-order valence-corrected chi connectivity index (χ3v) is 4.25. The molecule has 3 rings (SSSR count). The molecule has 0 saturated carbocycles. The Bertz CT molecular complexity index is 659. The molecule has 0 aromatic carbocycles. The number of piperazine rings is 1. The van der Waals surface area contributed by atoms with Crippen LogP contribution >= 0.6 is 11.3 Å². The fourth-order valence-electron chi connectivity index (χ4n) is 2.25. The Labute approximate surface area is 131 Å². The molecular weight excluding hydrogens is 304 g/mol. The lowest BCUT2D eigenvalue weighted by Gasteiger charge is -2.34. The summed E-state index contributed by atoms with van der Waals surface area (Å²) in [5, 5.41) is 3.37. The highest BCUT2D eigenvalue weighted by molar-refractivity contribution is 7.15. The first-order valence-electron chi connectivity index (χ1n) is 6.94. The number of hydrogen-bond acceptors (Lipinski definition) is 5. The molecule has 116 valence electrons. The number of nitrogens with zero attached hydrogens (tertiary/aromatic N) is 3. The fourth-order valence-corrected chi connectivity index (χ4v) is 2.91. The SMILES string of the molecule is Cc1cnc(NC(=O)N2CCN(C(=O)c3ccco3)CC2)s1. The highest BCUT2D eigenvalue weighted by Gasteiger charge is 2.26. The maximum Gasteiger partial charge on any atom is 0.323 e. The van der Waals surface area contributed by atoms with E-state index in [-0.39, 0.29) is 11.9 Å². The van der Waals surface area contributed by atoms with Crippen LogP contribution in [-0.2, 0) is 0 Å². The van der Waals surface area contributed by atoms with E-state index in [1.165, 1.54) is 17.6 Å². The summed E-state index contributed by atoms with van der Waals surface area (Å²) in [6.07, 6.45) is 3.20. The van der Waals surface area contributed by atoms with E-state index in [0.717, 1.165) is 4.88 Å². The number of aromatic nitrogens is 1. The van der Waals surface area contributed by atoms with Gasteiger partial charge in [-0.2, -0.15) is 0 Å². The van der Waals surface area contributed by atoms with Crippen molar-refractivity contribution in [3.8, 4) is 0 Å². The zero-order chi connectivity index (χ0) is 15.5. The van der Waals surface area contributed by atoms with Crippen LogP contribution in [0.15, 0.2) is 29.0 Å². The largest absolute Gasteiger partial charge is 0.459 e. The summed E-state index contributed by atoms with van der Waals surface area (Å²) in [5.74, 6) is 0.191. The van der Waals surface area contributed by atoms with Gasteiger partial charge in [0.25, 0.3) is 5.91 Å². The molecule has 0 bridgehead atoms. The summed E-state index contributed by atoms with van der Waals surface area (Å²) in [7, 11) is 0. The van der Waals surface area contributed by atoms with E-state index in [9.17, 15) is 9.59 Å². The number of amides is 3. The van der Waals surface area contributed by atoms with Gasteiger partial charge in [0.1, 0.15) is 0 Å². The predicted octanol–water partition coefficient (Wildman–Crippen LogP) is 2.03. The Morgan fingerprint density at radius 2 is 2.00 bits per heavy atom. The van der Waals surface area contributed by atoms with Crippen LogP contribution in [0, 0.1) is 6.92 Å². The summed E-state index contributed by atoms with van der Waals surface area (Å²) in [6.45, 7) is 3.89. The molecule has 1 saturated heterocycles. The molecule has 1 aliphatic rings. The van der Waals surface area contributed by atoms with Crippen LogP contribution < -0.4 is 5.32 Å². The third kappa shape index (κ3) is 3.11. The monoisotopic (exact) mass is 320 g/mol. The first kappa shape index (κ1) is 14.6. The van der Waals surface area contributed by atoms with Gasteiger partial charge >= 0.3 is 6.03 Å². The van der Waals surface area contributed by atoms with Gasteiger partial charge in [0.2, 0.25) is 0 Å². The molecule has 1 aliphatic heterocycles. The number of furan rings is 1. The Hall–Kier alpha value is -2.35. The summed E-state index contributed by atoms with van der Waals surface area (Å²) >= 11 is 1.44. The van der Waals surface area contributed by atoms with Crippen molar-refractivity contribution in [3.63, 3.8) is 0 Å². The number of urea groups is 1. The molecule has 8 heteroatoms. The van der Waals surface area contributed by atoms with Gasteiger partial charge in [0, 0.05) is 37.3 Å². The molecule has 22 heavy (non-hydrogen) atoms. The lowest BCUT2D eigenvalue weighted by molar-refractivity contribution is 0.0640. The Kier molecular flexibility index (Phi) is 4.10. The van der Waals surface area contributed by atoms with E-state index >= 15 is 0 Å². The van der Waals surface area contributed by atoms with Crippen molar-refractivity contribution >= 4 is 28.4 Å². The molecule has 2 aromatic heterocycles. The van der Waals surface area contributed by atoms with E-state index in [0.29, 0.717) is 37.1 Å². The number of thiazole rings is 1. The average Bonchev–Trinajstić information content (AvgIpc) is 3.18. The van der Waals surface area contributed by atoms with E-state index < -0.39 is 0 Å². The van der Waals surface area contributed by atoms with Gasteiger partial charge in [-0.1, -0.05) is 0 Å². The van der Waals surface area contributed by atoms with E-state index in [1.807, 2.05) is 6.92 Å². The van der Waals surface area contributed by atoms with Crippen molar-refractivity contribution in [2.24, 2.45) is 0 Å². The number of anilines is 1. The van der Waals surface area contributed by atoms with Crippen LogP contribution in [0.4, 0.5) is 9.93 Å². The van der Waals surface area contributed by atoms with Crippen LogP contribution in [0.3, 0.4) is 0 Å². The molecule has 3 amide bonds. The van der Waals surface area contributed by atoms with E-state index in [1.54, 1.807) is 28.1 Å². The van der Waals surface area contributed by atoms with Crippen LogP contribution in [0.2, 0.25) is 0 Å². The number of carbonyl (C=O) groups is 2. The van der Waals surface area contributed by atoms with Gasteiger partial charge in [-0.05, 0) is 19.1 Å². The second kappa shape index (κ2) is 6.18. The average molecular weight is 320 g/mol. The molecule has 1 fully saturated rings. The highest BCUT2D eigenvalue weighted by atomic mass is 32.1. The van der Waals surface area contributed by atoms with Crippen molar-refractivity contribution in [2.75, 3.05) is 31.5 Å². The third-order valence-electron chi connectivity index (χ3n) is 3.42. The summed E-state index contributed by atoms with van der Waals surface area (Å²) in [5.41, 5.74) is 0. The molecule has 0 aliphatic carbocycles. The van der Waals surface area contributed by atoms with Crippen LogP contribution in [0.1, 0.15) is 15.4 Å². The van der Waals surface area contributed by atoms with Crippen molar-refractivity contribution in [2.45, 2.75) is 6.92 Å². The number of carbonyl (C=O) groups excluding carboxylic acids is 2. The number of hydrogen-bond donors (Lipinski definition) is 1. The minimum Gasteiger partial charge on any atom is -0.459 e. The van der Waals surface area contributed by atoms with Crippen LogP contribution in [0.25, 0.3) is 0 Å². The smallest absolute Gasteiger partial charge is 0.323 e. The van der Waals surface area contributed by atoms with E-state index in [2.05, 4.69) is 10.3 Å². The zero-order valence-corrected chi connectivity index (χ0v) is 12.9. The molecule has 1 N–H and O–H groups in total. The number of rotatable bonds is 2. The first-order valence-corrected chi connectivity index (χ1v) is 7.76. The Morgan fingerprint density at radius 1 is 1.27 bits per heavy atom. The van der Waals surface area contributed by atoms with E-state index in [4.69, 9.17) is 4.42 Å². The number of nitrogens with one attached hydrogen (secondary N) is 1. The first-order chi connectivity index (χ1) is 10.6. The van der Waals surface area contributed by atoms with Crippen LogP contribution in [-0.4, -0.2) is 52.9 Å². The van der Waals surface area contributed by atoms with Crippen molar-refractivity contribution in [1.29, 1.82) is 0 Å². The number of aryl methyl sites for hydroxylation is 1. The minimum atomic E-state index is -0.181. The Balaban J connectivity index is 1.53. The lowest BCUT2D eigenvalue weighted by Crippen LogP contribution is -2.51. The minimum absolute atomic E-state index is 0.138. The summed E-state index contributed by atoms with van der Waals surface area (Å²) in [6, 6.07) is 3.15. The fraction of sp³-hybridized carbons (Fsp3) is 0.357. The summed E-state index contributed by atoms with van der Waals surface area (Å²) < 4.78 is 5.11. The topological polar surface area (TPSA) is 78.7 Å². The van der Waals surface area contributed by atoms with Gasteiger partial charge in [-0.3, -0.25) is 10.1 Å². The maximum atomic E-state index is 12.1. The molecule has 0 spiro atoms. The van der Waals surface area contributed by atoms with Gasteiger partial charge < -0.3 is 14.2 Å². The quantitative estimate of drug-likeness (QED) is 0.918. The maximum absolute atomic E-state index is 12.1. The molecule has 0 atom stereocenters. The zero-order valence-electron chi connectivity index (χ0n) is 12.1. The van der Waals surface area contributed by atoms with Crippen molar-refractivity contribution < 1.29 is 14.0 Å². The van der Waals surface area contributed by atoms with Crippen molar-refractivity contribution in [1.82, 2.24) is 14.8 Å².